The van der Waals surface area contributed by atoms with Crippen molar-refractivity contribution in [2.75, 3.05) is 10.7 Å². The summed E-state index contributed by atoms with van der Waals surface area (Å²) < 4.78 is 0.826. The Labute approximate surface area is 196 Å². The summed E-state index contributed by atoms with van der Waals surface area (Å²) in [4.78, 5) is 20.7. The molecule has 0 unspecified atom stereocenters. The molecule has 9 heteroatoms. The molecule has 2 N–H and O–H groups in total. The van der Waals surface area contributed by atoms with Gasteiger partial charge in [0.25, 0.3) is 0 Å². The lowest BCUT2D eigenvalue weighted by Gasteiger charge is -2.40. The van der Waals surface area contributed by atoms with Crippen LogP contribution in [0, 0.1) is 0 Å². The average molecular weight is 513 g/mol. The molecule has 0 fully saturated rings. The molecular formula is C22H17BrN4O2S2. The number of anilines is 1. The summed E-state index contributed by atoms with van der Waals surface area (Å²) in [6, 6.07) is 13.1. The first kappa shape index (κ1) is 20.4. The Morgan fingerprint density at radius 3 is 2.97 bits per heavy atom. The van der Waals surface area contributed by atoms with Crippen LogP contribution in [0.25, 0.3) is 11.4 Å². The molecule has 6 nitrogen and oxygen atoms in total. The second-order valence-electron chi connectivity index (χ2n) is 6.99. The lowest BCUT2D eigenvalue weighted by atomic mass is 10.0. The van der Waals surface area contributed by atoms with Gasteiger partial charge in [-0.3, -0.25) is 9.89 Å². The molecule has 0 saturated heterocycles. The van der Waals surface area contributed by atoms with Crippen molar-refractivity contribution in [3.63, 3.8) is 0 Å². The third-order valence-electron chi connectivity index (χ3n) is 5.01. The van der Waals surface area contributed by atoms with Crippen molar-refractivity contribution in [3.05, 3.63) is 71.2 Å². The minimum atomic E-state index is -0.0145. The number of para-hydroxylation sites is 1. The Bertz CT molecular complexity index is 1210. The van der Waals surface area contributed by atoms with Gasteiger partial charge in [-0.25, -0.2) is 4.98 Å². The number of aromatic amines is 1. The van der Waals surface area contributed by atoms with E-state index in [-0.39, 0.29) is 28.7 Å². The maximum atomic E-state index is 13.3. The first-order valence-electron chi connectivity index (χ1n) is 9.57. The molecule has 0 saturated carbocycles. The van der Waals surface area contributed by atoms with E-state index in [9.17, 15) is 9.90 Å². The highest BCUT2D eigenvalue weighted by molar-refractivity contribution is 9.10. The van der Waals surface area contributed by atoms with Gasteiger partial charge in [-0.2, -0.15) is 0 Å². The summed E-state index contributed by atoms with van der Waals surface area (Å²) in [7, 11) is 0. The summed E-state index contributed by atoms with van der Waals surface area (Å²) in [5.41, 5.74) is 1.48. The van der Waals surface area contributed by atoms with Crippen LogP contribution < -0.4 is 4.90 Å². The Morgan fingerprint density at radius 1 is 1.23 bits per heavy atom. The van der Waals surface area contributed by atoms with E-state index in [1.165, 1.54) is 11.8 Å². The number of carbonyl (C=O) groups is 1. The van der Waals surface area contributed by atoms with Gasteiger partial charge >= 0.3 is 0 Å². The molecule has 0 spiro atoms. The van der Waals surface area contributed by atoms with E-state index in [1.54, 1.807) is 30.0 Å². The van der Waals surface area contributed by atoms with E-state index in [4.69, 9.17) is 0 Å². The molecule has 2 aliphatic rings. The SMILES string of the molecule is O=C(CSc1n[nH]c(-c2cc(Br)ccc2O)n1)N1c2ccccc2S[C@@H]2C=CC=C[C@H]21. The van der Waals surface area contributed by atoms with E-state index in [1.807, 2.05) is 35.3 Å². The number of aromatic hydroxyl groups is 1. The van der Waals surface area contributed by atoms with Crippen LogP contribution in [0.3, 0.4) is 0 Å². The normalized spacial score (nSPS) is 19.2. The minimum Gasteiger partial charge on any atom is -0.507 e. The Morgan fingerprint density at radius 2 is 2.06 bits per heavy atom. The average Bonchev–Trinajstić information content (AvgIpc) is 3.26. The van der Waals surface area contributed by atoms with Crippen molar-refractivity contribution in [2.24, 2.45) is 0 Å². The van der Waals surface area contributed by atoms with Crippen molar-refractivity contribution in [1.29, 1.82) is 0 Å². The summed E-state index contributed by atoms with van der Waals surface area (Å²) in [5, 5.41) is 17.8. The minimum absolute atomic E-state index is 0.00403. The number of rotatable bonds is 4. The first-order valence-corrected chi connectivity index (χ1v) is 12.2. The number of phenols is 1. The van der Waals surface area contributed by atoms with Gasteiger partial charge in [0, 0.05) is 9.37 Å². The standard InChI is InChI=1S/C22H17BrN4O2S2/c23-13-9-10-17(28)14(11-13)21-24-22(26-25-21)30-12-20(29)27-15-5-1-3-7-18(15)31-19-8-4-2-6-16(19)27/h1-11,15,18,28H,12H2,(H,24,25,26)/t15-,18-/m1/s1. The van der Waals surface area contributed by atoms with Gasteiger partial charge in [0.05, 0.1) is 28.3 Å². The Hall–Kier alpha value is -2.49. The number of carbonyl (C=O) groups excluding carboxylic acids is 1. The molecule has 5 rings (SSSR count). The molecule has 1 aliphatic heterocycles. The van der Waals surface area contributed by atoms with E-state index >= 15 is 0 Å². The van der Waals surface area contributed by atoms with Gasteiger partial charge in [-0.15, -0.1) is 16.9 Å². The Balaban J connectivity index is 1.35. The van der Waals surface area contributed by atoms with Gasteiger partial charge in [0.2, 0.25) is 11.1 Å². The number of H-pyrrole nitrogens is 1. The lowest BCUT2D eigenvalue weighted by molar-refractivity contribution is -0.116. The van der Waals surface area contributed by atoms with Gasteiger partial charge in [-0.05, 0) is 30.3 Å². The number of hydrogen-bond acceptors (Lipinski definition) is 6. The predicted molar refractivity (Wildman–Crippen MR) is 128 cm³/mol. The van der Waals surface area contributed by atoms with Crippen LogP contribution in [0.4, 0.5) is 5.69 Å². The van der Waals surface area contributed by atoms with Crippen molar-refractivity contribution < 1.29 is 9.90 Å². The highest BCUT2D eigenvalue weighted by Crippen LogP contribution is 2.43. The highest BCUT2D eigenvalue weighted by atomic mass is 79.9. The highest BCUT2D eigenvalue weighted by Gasteiger charge is 2.36. The number of benzene rings is 2. The number of halogens is 1. The zero-order chi connectivity index (χ0) is 21.4. The number of phenolic OH excluding ortho intramolecular Hbond substituents is 1. The third-order valence-corrected chi connectivity index (χ3v) is 7.65. The zero-order valence-corrected chi connectivity index (χ0v) is 19.3. The van der Waals surface area contributed by atoms with Gasteiger partial charge < -0.3 is 10.0 Å². The molecule has 156 valence electrons. The first-order chi connectivity index (χ1) is 15.1. The van der Waals surface area contributed by atoms with Crippen molar-refractivity contribution in [2.45, 2.75) is 21.3 Å². The number of aromatic nitrogens is 3. The fraction of sp³-hybridized carbons (Fsp3) is 0.136. The number of amides is 1. The van der Waals surface area contributed by atoms with Crippen LogP contribution in [-0.4, -0.2) is 43.2 Å². The van der Waals surface area contributed by atoms with Crippen LogP contribution in [0.5, 0.6) is 5.75 Å². The van der Waals surface area contributed by atoms with Crippen LogP contribution in [-0.2, 0) is 4.79 Å². The smallest absolute Gasteiger partial charge is 0.238 e. The number of allylic oxidation sites excluding steroid dienone is 2. The maximum Gasteiger partial charge on any atom is 0.238 e. The summed E-state index contributed by atoms with van der Waals surface area (Å²) in [6.07, 6.45) is 8.25. The van der Waals surface area contributed by atoms with Crippen molar-refractivity contribution in [1.82, 2.24) is 15.2 Å². The van der Waals surface area contributed by atoms with Crippen LogP contribution in [0.2, 0.25) is 0 Å². The van der Waals surface area contributed by atoms with E-state index in [0.717, 1.165) is 15.1 Å². The molecule has 2 aromatic carbocycles. The van der Waals surface area contributed by atoms with E-state index in [0.29, 0.717) is 16.5 Å². The summed E-state index contributed by atoms with van der Waals surface area (Å²) in [5.74, 6) is 0.775. The third kappa shape index (κ3) is 4.05. The lowest BCUT2D eigenvalue weighted by Crippen LogP contribution is -2.48. The topological polar surface area (TPSA) is 82.1 Å². The van der Waals surface area contributed by atoms with Crippen LogP contribution >= 0.6 is 39.5 Å². The molecule has 1 amide bonds. The molecule has 0 bridgehead atoms. The van der Waals surface area contributed by atoms with E-state index in [2.05, 4.69) is 49.3 Å². The second-order valence-corrected chi connectivity index (χ2v) is 10.1. The zero-order valence-electron chi connectivity index (χ0n) is 16.1. The van der Waals surface area contributed by atoms with Gasteiger partial charge in [0.1, 0.15) is 5.75 Å². The monoisotopic (exact) mass is 512 g/mol. The fourth-order valence-corrected chi connectivity index (χ4v) is 5.88. The molecule has 1 aliphatic carbocycles. The molecule has 2 heterocycles. The number of hydrogen-bond donors (Lipinski definition) is 2. The molecule has 3 aromatic rings. The van der Waals surface area contributed by atoms with Crippen molar-refractivity contribution in [3.8, 4) is 17.1 Å². The summed E-state index contributed by atoms with van der Waals surface area (Å²) >= 11 is 6.45. The number of thioether (sulfide) groups is 2. The Kier molecular flexibility index (Phi) is 5.64. The molecule has 31 heavy (non-hydrogen) atoms. The number of nitrogens with one attached hydrogen (secondary N) is 1. The maximum absolute atomic E-state index is 13.3. The fourth-order valence-electron chi connectivity index (χ4n) is 3.61. The number of fused-ring (bicyclic) bond motifs is 2. The molecule has 0 radical (unpaired) electrons. The quantitative estimate of drug-likeness (QED) is 0.476. The van der Waals surface area contributed by atoms with Crippen LogP contribution in [0.15, 0.2) is 81.3 Å². The molecule has 2 atom stereocenters. The predicted octanol–water partition coefficient (Wildman–Crippen LogP) is 5.03. The summed E-state index contributed by atoms with van der Waals surface area (Å²) in [6.45, 7) is 0. The van der Waals surface area contributed by atoms with Gasteiger partial charge in [0.15, 0.2) is 5.82 Å². The van der Waals surface area contributed by atoms with Gasteiger partial charge in [-0.1, -0.05) is 64.1 Å². The van der Waals surface area contributed by atoms with E-state index < -0.39 is 0 Å². The molecular weight excluding hydrogens is 496 g/mol. The number of nitrogens with zero attached hydrogens (tertiary/aromatic N) is 3. The molecule has 1 aromatic heterocycles. The largest absolute Gasteiger partial charge is 0.507 e. The van der Waals surface area contributed by atoms with Crippen molar-refractivity contribution >= 4 is 51.0 Å². The van der Waals surface area contributed by atoms with Crippen LogP contribution in [0.1, 0.15) is 0 Å². The second kappa shape index (κ2) is 8.57.